The Balaban J connectivity index is 1.72. The van der Waals surface area contributed by atoms with Crippen molar-refractivity contribution >= 4 is 33.9 Å². The smallest absolute Gasteiger partial charge is 0.341 e. The standard InChI is InChI=1S/C22H21FN2O5S/c1-30-21-18-14(20(27)15(22(28)29)9-25(18)12-2-3-12)7-16(23)19(21)24-5-4-17-11(8-24)6-13(10-26)31-17/h6-7,9,12,26H,2-5,8,10H2,1H3,(H,28,29). The second-order valence-electron chi connectivity index (χ2n) is 7.94. The van der Waals surface area contributed by atoms with Gasteiger partial charge in [-0.05, 0) is 37.0 Å². The summed E-state index contributed by atoms with van der Waals surface area (Å²) in [7, 11) is 1.44. The molecule has 1 fully saturated rings. The molecular weight excluding hydrogens is 423 g/mol. The van der Waals surface area contributed by atoms with E-state index >= 15 is 4.39 Å². The molecule has 1 saturated carbocycles. The molecule has 0 atom stereocenters. The Morgan fingerprint density at radius 2 is 2.13 bits per heavy atom. The van der Waals surface area contributed by atoms with Gasteiger partial charge in [0.15, 0.2) is 11.6 Å². The minimum atomic E-state index is -1.33. The molecule has 2 aliphatic rings. The SMILES string of the molecule is COc1c(N2CCc3sc(CO)cc3C2)c(F)cc2c(=O)c(C(=O)O)cn(C3CC3)c12. The number of nitrogens with zero attached hydrogens (tertiary/aromatic N) is 2. The molecule has 0 unspecified atom stereocenters. The number of pyridine rings is 1. The van der Waals surface area contributed by atoms with E-state index in [-0.39, 0.29) is 35.0 Å². The van der Waals surface area contributed by atoms with E-state index in [9.17, 15) is 19.8 Å². The van der Waals surface area contributed by atoms with Crippen LogP contribution in [-0.2, 0) is 19.6 Å². The Bertz CT molecular complexity index is 1280. The lowest BCUT2D eigenvalue weighted by molar-refractivity contribution is 0.0694. The zero-order chi connectivity index (χ0) is 21.9. The van der Waals surface area contributed by atoms with Crippen molar-refractivity contribution in [3.8, 4) is 5.75 Å². The zero-order valence-corrected chi connectivity index (χ0v) is 17.7. The molecule has 1 aliphatic heterocycles. The van der Waals surface area contributed by atoms with Gasteiger partial charge in [0, 0.05) is 35.1 Å². The third-order valence-corrected chi connectivity index (χ3v) is 7.18. The number of rotatable bonds is 5. The fourth-order valence-corrected chi connectivity index (χ4v) is 5.42. The molecule has 0 spiro atoms. The van der Waals surface area contributed by atoms with Gasteiger partial charge in [-0.15, -0.1) is 11.3 Å². The van der Waals surface area contributed by atoms with Gasteiger partial charge < -0.3 is 24.4 Å². The lowest BCUT2D eigenvalue weighted by Crippen LogP contribution is -2.31. The molecule has 7 nitrogen and oxygen atoms in total. The quantitative estimate of drug-likeness (QED) is 0.628. The Morgan fingerprint density at radius 3 is 2.77 bits per heavy atom. The lowest BCUT2D eigenvalue weighted by atomic mass is 10.0. The molecule has 5 rings (SSSR count). The average Bonchev–Trinajstić information content (AvgIpc) is 3.51. The van der Waals surface area contributed by atoms with Crippen molar-refractivity contribution in [3.63, 3.8) is 0 Å². The number of aromatic carboxylic acids is 1. The van der Waals surface area contributed by atoms with E-state index in [4.69, 9.17) is 4.74 Å². The minimum Gasteiger partial charge on any atom is -0.492 e. The van der Waals surface area contributed by atoms with Gasteiger partial charge in [0.2, 0.25) is 5.43 Å². The first kappa shape index (κ1) is 20.0. The number of hydrogen-bond donors (Lipinski definition) is 2. The van der Waals surface area contributed by atoms with Gasteiger partial charge in [0.05, 0.1) is 24.6 Å². The van der Waals surface area contributed by atoms with Crippen LogP contribution in [0.4, 0.5) is 10.1 Å². The average molecular weight is 444 g/mol. The maximum Gasteiger partial charge on any atom is 0.341 e. The van der Waals surface area contributed by atoms with Crippen LogP contribution in [0.1, 0.15) is 44.6 Å². The van der Waals surface area contributed by atoms with Crippen molar-refractivity contribution in [2.24, 2.45) is 0 Å². The van der Waals surface area contributed by atoms with E-state index < -0.39 is 17.2 Å². The second-order valence-corrected chi connectivity index (χ2v) is 9.16. The topological polar surface area (TPSA) is 92.0 Å². The predicted molar refractivity (Wildman–Crippen MR) is 115 cm³/mol. The molecule has 1 aromatic carbocycles. The Kier molecular flexibility index (Phi) is 4.75. The van der Waals surface area contributed by atoms with Gasteiger partial charge in [-0.25, -0.2) is 9.18 Å². The number of benzene rings is 1. The van der Waals surface area contributed by atoms with Crippen molar-refractivity contribution in [2.75, 3.05) is 18.6 Å². The summed E-state index contributed by atoms with van der Waals surface area (Å²) in [6, 6.07) is 3.14. The highest BCUT2D eigenvalue weighted by atomic mass is 32.1. The molecule has 2 aromatic heterocycles. The van der Waals surface area contributed by atoms with Gasteiger partial charge >= 0.3 is 5.97 Å². The molecule has 9 heteroatoms. The summed E-state index contributed by atoms with van der Waals surface area (Å²) in [5.74, 6) is -1.70. The van der Waals surface area contributed by atoms with E-state index in [1.807, 2.05) is 11.0 Å². The number of ether oxygens (including phenoxy) is 1. The number of aliphatic hydroxyl groups excluding tert-OH is 1. The first-order valence-electron chi connectivity index (χ1n) is 10.1. The van der Waals surface area contributed by atoms with Crippen LogP contribution in [0.3, 0.4) is 0 Å². The number of aromatic nitrogens is 1. The second kappa shape index (κ2) is 7.35. The molecule has 0 amide bonds. The number of carbonyl (C=O) groups is 1. The fourth-order valence-electron chi connectivity index (χ4n) is 4.39. The third-order valence-electron chi connectivity index (χ3n) is 5.96. The van der Waals surface area contributed by atoms with E-state index in [0.717, 1.165) is 29.3 Å². The molecule has 31 heavy (non-hydrogen) atoms. The monoisotopic (exact) mass is 444 g/mol. The van der Waals surface area contributed by atoms with Gasteiger partial charge in [-0.1, -0.05) is 0 Å². The number of carboxylic acids is 1. The van der Waals surface area contributed by atoms with Gasteiger partial charge in [-0.2, -0.15) is 0 Å². The number of hydrogen-bond acceptors (Lipinski definition) is 6. The van der Waals surface area contributed by atoms with Crippen LogP contribution in [-0.4, -0.2) is 34.4 Å². The number of fused-ring (bicyclic) bond motifs is 2. The largest absolute Gasteiger partial charge is 0.492 e. The highest BCUT2D eigenvalue weighted by molar-refractivity contribution is 7.12. The number of carboxylic acid groups (broad SMARTS) is 1. The lowest BCUT2D eigenvalue weighted by Gasteiger charge is -2.31. The highest BCUT2D eigenvalue weighted by Gasteiger charge is 2.32. The Morgan fingerprint density at radius 1 is 1.35 bits per heavy atom. The van der Waals surface area contributed by atoms with Crippen molar-refractivity contribution in [1.82, 2.24) is 4.57 Å². The summed E-state index contributed by atoms with van der Waals surface area (Å²) < 4.78 is 22.8. The molecule has 0 bridgehead atoms. The van der Waals surface area contributed by atoms with Crippen molar-refractivity contribution in [1.29, 1.82) is 0 Å². The minimum absolute atomic E-state index is 0.0145. The van der Waals surface area contributed by atoms with Crippen LogP contribution in [0.15, 0.2) is 23.1 Å². The Labute approximate surface area is 180 Å². The van der Waals surface area contributed by atoms with Gasteiger partial charge in [-0.3, -0.25) is 4.79 Å². The van der Waals surface area contributed by atoms with Crippen LogP contribution < -0.4 is 15.1 Å². The van der Waals surface area contributed by atoms with E-state index in [1.165, 1.54) is 18.2 Å². The third kappa shape index (κ3) is 3.19. The highest BCUT2D eigenvalue weighted by Crippen LogP contribution is 2.44. The number of aliphatic hydroxyl groups is 1. The first-order chi connectivity index (χ1) is 14.9. The first-order valence-corrected chi connectivity index (χ1v) is 10.9. The normalized spacial score (nSPS) is 15.9. The van der Waals surface area contributed by atoms with E-state index in [0.29, 0.717) is 25.0 Å². The molecule has 1 aliphatic carbocycles. The summed E-state index contributed by atoms with van der Waals surface area (Å²) in [4.78, 5) is 28.4. The molecule has 162 valence electrons. The number of methoxy groups -OCH3 is 1. The number of thiophene rings is 1. The van der Waals surface area contributed by atoms with Crippen LogP contribution in [0.5, 0.6) is 5.75 Å². The molecule has 2 N–H and O–H groups in total. The van der Waals surface area contributed by atoms with Crippen molar-refractivity contribution in [3.05, 3.63) is 55.3 Å². The fraction of sp³-hybridized carbons (Fsp3) is 0.364. The van der Waals surface area contributed by atoms with Crippen LogP contribution in [0, 0.1) is 5.82 Å². The van der Waals surface area contributed by atoms with Crippen molar-refractivity contribution in [2.45, 2.75) is 38.5 Å². The van der Waals surface area contributed by atoms with Crippen LogP contribution in [0.2, 0.25) is 0 Å². The van der Waals surface area contributed by atoms with E-state index in [1.54, 1.807) is 15.9 Å². The summed E-state index contributed by atoms with van der Waals surface area (Å²) in [5.41, 5.74) is 0.668. The number of halogens is 1. The van der Waals surface area contributed by atoms with Gasteiger partial charge in [0.25, 0.3) is 0 Å². The summed E-state index contributed by atoms with van der Waals surface area (Å²) in [6.45, 7) is 1.01. The molecule has 3 aromatic rings. The summed E-state index contributed by atoms with van der Waals surface area (Å²) in [6.07, 6.45) is 3.79. The molecule has 0 radical (unpaired) electrons. The van der Waals surface area contributed by atoms with Crippen LogP contribution >= 0.6 is 11.3 Å². The maximum atomic E-state index is 15.4. The predicted octanol–water partition coefficient (Wildman–Crippen LogP) is 3.30. The van der Waals surface area contributed by atoms with E-state index in [2.05, 4.69) is 0 Å². The molecule has 3 heterocycles. The maximum absolute atomic E-state index is 15.4. The molecular formula is C22H21FN2O5S. The van der Waals surface area contributed by atoms with Gasteiger partial charge in [0.1, 0.15) is 11.3 Å². The molecule has 0 saturated heterocycles. The van der Waals surface area contributed by atoms with Crippen molar-refractivity contribution < 1.29 is 24.1 Å². The zero-order valence-electron chi connectivity index (χ0n) is 16.9. The Hall–Kier alpha value is -2.91. The number of anilines is 1. The van der Waals surface area contributed by atoms with Crippen LogP contribution in [0.25, 0.3) is 10.9 Å². The summed E-state index contributed by atoms with van der Waals surface area (Å²) >= 11 is 1.57. The summed E-state index contributed by atoms with van der Waals surface area (Å²) in [5, 5.41) is 18.9.